The second kappa shape index (κ2) is 3.86. The first-order valence-electron chi connectivity index (χ1n) is 5.07. The number of methoxy groups -OCH3 is 1. The average molecular weight is 216 g/mol. The lowest BCUT2D eigenvalue weighted by Crippen LogP contribution is -2.22. The van der Waals surface area contributed by atoms with Crippen LogP contribution in [0.4, 0.5) is 5.69 Å². The Balaban J connectivity index is 2.16. The Morgan fingerprint density at radius 2 is 2.19 bits per heavy atom. The summed E-state index contributed by atoms with van der Waals surface area (Å²) in [6, 6.07) is 9.21. The molecule has 0 aliphatic heterocycles. The van der Waals surface area contributed by atoms with Gasteiger partial charge in [0, 0.05) is 0 Å². The molecule has 0 saturated heterocycles. The van der Waals surface area contributed by atoms with Gasteiger partial charge in [0.15, 0.2) is 0 Å². The van der Waals surface area contributed by atoms with Crippen LogP contribution in [0.25, 0.3) is 0 Å². The molecule has 4 nitrogen and oxygen atoms in total. The quantitative estimate of drug-likeness (QED) is 0.839. The number of rotatable bonds is 3. The van der Waals surface area contributed by atoms with E-state index in [2.05, 4.69) is 11.4 Å². The smallest absolute Gasteiger partial charge is 0.244 e. The maximum absolute atomic E-state index is 11.8. The van der Waals surface area contributed by atoms with Crippen LogP contribution in [0.15, 0.2) is 24.3 Å². The SMILES string of the molecule is COc1ccccc1NC(=O)C1(C#N)CC1. The summed E-state index contributed by atoms with van der Waals surface area (Å²) in [7, 11) is 1.54. The van der Waals surface area contributed by atoms with Gasteiger partial charge in [0.2, 0.25) is 5.91 Å². The third-order valence-electron chi connectivity index (χ3n) is 2.75. The molecule has 1 fully saturated rings. The molecular weight excluding hydrogens is 204 g/mol. The van der Waals surface area contributed by atoms with Gasteiger partial charge in [0.25, 0.3) is 0 Å². The highest BCUT2D eigenvalue weighted by molar-refractivity contribution is 6.00. The van der Waals surface area contributed by atoms with E-state index in [0.29, 0.717) is 24.3 Å². The zero-order valence-electron chi connectivity index (χ0n) is 8.99. The van der Waals surface area contributed by atoms with Crippen LogP contribution in [-0.2, 0) is 4.79 Å². The van der Waals surface area contributed by atoms with Crippen molar-refractivity contribution in [2.24, 2.45) is 5.41 Å². The molecule has 1 N–H and O–H groups in total. The molecule has 16 heavy (non-hydrogen) atoms. The van der Waals surface area contributed by atoms with Crippen LogP contribution in [0.2, 0.25) is 0 Å². The highest BCUT2D eigenvalue weighted by Gasteiger charge is 2.50. The number of nitrogens with zero attached hydrogens (tertiary/aromatic N) is 1. The molecular formula is C12H12N2O2. The molecule has 1 aromatic rings. The van der Waals surface area contributed by atoms with Crippen molar-refractivity contribution in [1.29, 1.82) is 5.26 Å². The van der Waals surface area contributed by atoms with Crippen molar-refractivity contribution >= 4 is 11.6 Å². The summed E-state index contributed by atoms with van der Waals surface area (Å²) in [5.41, 5.74) is -0.197. The van der Waals surface area contributed by atoms with E-state index in [1.165, 1.54) is 0 Å². The summed E-state index contributed by atoms with van der Waals surface area (Å²) < 4.78 is 5.12. The molecule has 0 radical (unpaired) electrons. The predicted octanol–water partition coefficient (Wildman–Crippen LogP) is 1.94. The molecule has 1 aliphatic rings. The Labute approximate surface area is 93.8 Å². The van der Waals surface area contributed by atoms with Crippen molar-refractivity contribution in [2.75, 3.05) is 12.4 Å². The Bertz CT molecular complexity index is 458. The molecule has 0 spiro atoms. The molecule has 0 atom stereocenters. The zero-order chi connectivity index (χ0) is 11.6. The van der Waals surface area contributed by atoms with Gasteiger partial charge in [0.05, 0.1) is 18.9 Å². The van der Waals surface area contributed by atoms with Gasteiger partial charge in [-0.15, -0.1) is 0 Å². The van der Waals surface area contributed by atoms with Crippen LogP contribution >= 0.6 is 0 Å². The first-order chi connectivity index (χ1) is 7.72. The third-order valence-corrected chi connectivity index (χ3v) is 2.75. The monoisotopic (exact) mass is 216 g/mol. The van der Waals surface area contributed by atoms with E-state index in [1.807, 2.05) is 12.1 Å². The number of anilines is 1. The molecule has 0 bridgehead atoms. The van der Waals surface area contributed by atoms with E-state index in [9.17, 15) is 4.79 Å². The standard InChI is InChI=1S/C12H12N2O2/c1-16-10-5-3-2-4-9(10)14-11(15)12(8-13)6-7-12/h2-5H,6-7H2,1H3,(H,14,15). The number of nitriles is 1. The number of para-hydroxylation sites is 2. The topological polar surface area (TPSA) is 62.1 Å². The molecule has 1 aliphatic carbocycles. The number of benzene rings is 1. The molecule has 82 valence electrons. The summed E-state index contributed by atoms with van der Waals surface area (Å²) in [6.45, 7) is 0. The minimum atomic E-state index is -0.805. The Morgan fingerprint density at radius 3 is 2.75 bits per heavy atom. The van der Waals surface area contributed by atoms with Crippen molar-refractivity contribution in [3.05, 3.63) is 24.3 Å². The van der Waals surface area contributed by atoms with E-state index in [4.69, 9.17) is 10.00 Å². The number of amides is 1. The maximum Gasteiger partial charge on any atom is 0.244 e. The molecule has 2 rings (SSSR count). The number of carbonyl (C=O) groups is 1. The summed E-state index contributed by atoms with van der Waals surface area (Å²) >= 11 is 0. The Hall–Kier alpha value is -2.02. The largest absolute Gasteiger partial charge is 0.495 e. The van der Waals surface area contributed by atoms with Crippen LogP contribution < -0.4 is 10.1 Å². The molecule has 1 amide bonds. The van der Waals surface area contributed by atoms with Crippen LogP contribution in [0.1, 0.15) is 12.8 Å². The Morgan fingerprint density at radius 1 is 1.50 bits per heavy atom. The number of hydrogen-bond acceptors (Lipinski definition) is 3. The van der Waals surface area contributed by atoms with Gasteiger partial charge in [-0.05, 0) is 25.0 Å². The Kier molecular flexibility index (Phi) is 2.53. The third kappa shape index (κ3) is 1.72. The first kappa shape index (κ1) is 10.5. The first-order valence-corrected chi connectivity index (χ1v) is 5.07. The number of nitrogens with one attached hydrogen (secondary N) is 1. The van der Waals surface area contributed by atoms with E-state index >= 15 is 0 Å². The van der Waals surface area contributed by atoms with Crippen LogP contribution in [-0.4, -0.2) is 13.0 Å². The minimum Gasteiger partial charge on any atom is -0.495 e. The van der Waals surface area contributed by atoms with Crippen molar-refractivity contribution in [2.45, 2.75) is 12.8 Å². The highest BCUT2D eigenvalue weighted by Crippen LogP contribution is 2.46. The van der Waals surface area contributed by atoms with Crippen molar-refractivity contribution in [3.8, 4) is 11.8 Å². The van der Waals surface area contributed by atoms with Gasteiger partial charge < -0.3 is 10.1 Å². The fourth-order valence-corrected chi connectivity index (χ4v) is 1.50. The van der Waals surface area contributed by atoms with E-state index < -0.39 is 5.41 Å². The number of ether oxygens (including phenoxy) is 1. The number of hydrogen-bond donors (Lipinski definition) is 1. The summed E-state index contributed by atoms with van der Waals surface area (Å²) in [4.78, 5) is 11.8. The van der Waals surface area contributed by atoms with Crippen LogP contribution in [0, 0.1) is 16.7 Å². The zero-order valence-corrected chi connectivity index (χ0v) is 8.99. The predicted molar refractivity (Wildman–Crippen MR) is 58.9 cm³/mol. The van der Waals surface area contributed by atoms with Gasteiger partial charge in [-0.1, -0.05) is 12.1 Å². The normalized spacial score (nSPS) is 16.0. The van der Waals surface area contributed by atoms with Gasteiger partial charge in [-0.25, -0.2) is 0 Å². The van der Waals surface area contributed by atoms with E-state index in [1.54, 1.807) is 19.2 Å². The van der Waals surface area contributed by atoms with Crippen molar-refractivity contribution < 1.29 is 9.53 Å². The second-order valence-corrected chi connectivity index (χ2v) is 3.85. The van der Waals surface area contributed by atoms with Gasteiger partial charge in [-0.3, -0.25) is 4.79 Å². The molecule has 1 aromatic carbocycles. The average Bonchev–Trinajstić information content (AvgIpc) is 3.10. The maximum atomic E-state index is 11.8. The second-order valence-electron chi connectivity index (χ2n) is 3.85. The van der Waals surface area contributed by atoms with Crippen LogP contribution in [0.3, 0.4) is 0 Å². The molecule has 1 saturated carbocycles. The summed E-state index contributed by atoms with van der Waals surface area (Å²) in [6.07, 6.45) is 1.29. The lowest BCUT2D eigenvalue weighted by Gasteiger charge is -2.11. The number of carbonyl (C=O) groups excluding carboxylic acids is 1. The highest BCUT2D eigenvalue weighted by atomic mass is 16.5. The van der Waals surface area contributed by atoms with Gasteiger partial charge in [0.1, 0.15) is 11.2 Å². The van der Waals surface area contributed by atoms with Gasteiger partial charge in [-0.2, -0.15) is 5.26 Å². The molecule has 0 heterocycles. The lowest BCUT2D eigenvalue weighted by atomic mass is 10.1. The van der Waals surface area contributed by atoms with E-state index in [0.717, 1.165) is 0 Å². The molecule has 0 unspecified atom stereocenters. The lowest BCUT2D eigenvalue weighted by molar-refractivity contribution is -0.119. The molecule has 0 aromatic heterocycles. The fraction of sp³-hybridized carbons (Fsp3) is 0.333. The van der Waals surface area contributed by atoms with E-state index in [-0.39, 0.29) is 5.91 Å². The van der Waals surface area contributed by atoms with Gasteiger partial charge >= 0.3 is 0 Å². The summed E-state index contributed by atoms with van der Waals surface area (Å²) in [5.74, 6) is 0.365. The van der Waals surface area contributed by atoms with Crippen LogP contribution in [0.5, 0.6) is 5.75 Å². The van der Waals surface area contributed by atoms with Crippen molar-refractivity contribution in [3.63, 3.8) is 0 Å². The minimum absolute atomic E-state index is 0.237. The van der Waals surface area contributed by atoms with Crippen molar-refractivity contribution in [1.82, 2.24) is 0 Å². The summed E-state index contributed by atoms with van der Waals surface area (Å²) in [5, 5.41) is 11.6. The molecule has 4 heteroatoms. The fourth-order valence-electron chi connectivity index (χ4n) is 1.50.